The van der Waals surface area contributed by atoms with Gasteiger partial charge >= 0.3 is 0 Å². The molecule has 0 bridgehead atoms. The van der Waals surface area contributed by atoms with Crippen molar-refractivity contribution < 1.29 is 16.8 Å². The summed E-state index contributed by atoms with van der Waals surface area (Å²) in [6.07, 6.45) is 0. The number of hydrogen-bond acceptors (Lipinski definition) is 5. The summed E-state index contributed by atoms with van der Waals surface area (Å²) < 4.78 is 54.9. The molecule has 0 radical (unpaired) electrons. The van der Waals surface area contributed by atoms with E-state index >= 15 is 0 Å². The second kappa shape index (κ2) is 10.1. The molecule has 1 fully saturated rings. The third-order valence-electron chi connectivity index (χ3n) is 5.71. The molecule has 1 heterocycles. The minimum atomic E-state index is -3.96. The largest absolute Gasteiger partial charge is 0.307 e. The molecule has 0 amide bonds. The molecule has 1 saturated heterocycles. The lowest BCUT2D eigenvalue weighted by molar-refractivity contribution is 0.286. The second-order valence-electron chi connectivity index (χ2n) is 8.11. The van der Waals surface area contributed by atoms with Crippen molar-refractivity contribution in [3.05, 3.63) is 101 Å². The smallest absolute Gasteiger partial charge is 0.243 e. The maximum atomic E-state index is 13.8. The first kappa shape index (κ1) is 24.1. The molecule has 9 heteroatoms. The van der Waals surface area contributed by atoms with Gasteiger partial charge in [0.1, 0.15) is 0 Å². The van der Waals surface area contributed by atoms with Crippen LogP contribution in [0, 0.1) is 0 Å². The maximum absolute atomic E-state index is 13.8. The van der Waals surface area contributed by atoms with Crippen molar-refractivity contribution in [2.75, 3.05) is 11.5 Å². The number of rotatable bonds is 8. The summed E-state index contributed by atoms with van der Waals surface area (Å²) in [5.41, 5.74) is 1.80. The lowest BCUT2D eigenvalue weighted by atomic mass is 10.1. The highest BCUT2D eigenvalue weighted by Gasteiger charge is 2.45. The van der Waals surface area contributed by atoms with Gasteiger partial charge in [0.25, 0.3) is 0 Å². The molecule has 174 valence electrons. The summed E-state index contributed by atoms with van der Waals surface area (Å²) in [6.45, 7) is 0.540. The highest BCUT2D eigenvalue weighted by atomic mass is 79.9. The van der Waals surface area contributed by atoms with Crippen LogP contribution in [0.5, 0.6) is 0 Å². The highest BCUT2D eigenvalue weighted by Crippen LogP contribution is 2.28. The number of sulfonamides is 1. The lowest BCUT2D eigenvalue weighted by Crippen LogP contribution is -2.51. The number of hydrogen-bond donors (Lipinski definition) is 1. The standard InChI is InChI=1S/C24H25BrN2O4S2/c25-21-11-13-22(14-12-21)33(30,31)27(16-20-9-5-2-6-10-20)24-18-32(28,29)17-23(24)26-15-19-7-3-1-4-8-19/h1-14,23-24,26H,15-18H2/t23-,24+/m1/s1. The van der Waals surface area contributed by atoms with Crippen molar-refractivity contribution >= 4 is 35.8 Å². The fourth-order valence-electron chi connectivity index (χ4n) is 4.04. The maximum Gasteiger partial charge on any atom is 0.243 e. The summed E-state index contributed by atoms with van der Waals surface area (Å²) in [6, 6.07) is 24.1. The Morgan fingerprint density at radius 3 is 2.03 bits per heavy atom. The first-order valence-electron chi connectivity index (χ1n) is 10.5. The Hall–Kier alpha value is -2.04. The number of halogens is 1. The Morgan fingerprint density at radius 1 is 0.848 bits per heavy atom. The van der Waals surface area contributed by atoms with Crippen LogP contribution in [-0.2, 0) is 33.0 Å². The third-order valence-corrected chi connectivity index (χ3v) is 9.84. The predicted molar refractivity (Wildman–Crippen MR) is 133 cm³/mol. The van der Waals surface area contributed by atoms with E-state index in [0.717, 1.165) is 15.6 Å². The van der Waals surface area contributed by atoms with Gasteiger partial charge in [-0.05, 0) is 35.4 Å². The van der Waals surface area contributed by atoms with Crippen LogP contribution in [0.1, 0.15) is 11.1 Å². The molecular formula is C24H25BrN2O4S2. The van der Waals surface area contributed by atoms with Gasteiger partial charge in [-0.3, -0.25) is 0 Å². The molecule has 0 aromatic heterocycles. The van der Waals surface area contributed by atoms with Crippen molar-refractivity contribution in [3.8, 4) is 0 Å². The van der Waals surface area contributed by atoms with E-state index in [1.54, 1.807) is 12.1 Å². The van der Waals surface area contributed by atoms with Gasteiger partial charge in [0.15, 0.2) is 9.84 Å². The van der Waals surface area contributed by atoms with E-state index in [1.807, 2.05) is 60.7 Å². The molecule has 1 N–H and O–H groups in total. The van der Waals surface area contributed by atoms with Crippen molar-refractivity contribution in [3.63, 3.8) is 0 Å². The first-order chi connectivity index (χ1) is 15.7. The van der Waals surface area contributed by atoms with Crippen molar-refractivity contribution in [1.82, 2.24) is 9.62 Å². The van der Waals surface area contributed by atoms with Crippen LogP contribution in [0.3, 0.4) is 0 Å². The molecule has 0 aliphatic carbocycles. The quantitative estimate of drug-likeness (QED) is 0.465. The highest BCUT2D eigenvalue weighted by molar-refractivity contribution is 9.10. The molecule has 4 rings (SSSR count). The number of sulfone groups is 1. The molecule has 0 saturated carbocycles. The zero-order valence-electron chi connectivity index (χ0n) is 17.8. The molecule has 0 spiro atoms. The van der Waals surface area contributed by atoms with Crippen molar-refractivity contribution in [2.24, 2.45) is 0 Å². The van der Waals surface area contributed by atoms with Crippen molar-refractivity contribution in [1.29, 1.82) is 0 Å². The first-order valence-corrected chi connectivity index (χ1v) is 14.6. The summed E-state index contributed by atoms with van der Waals surface area (Å²) in [7, 11) is -7.37. The van der Waals surface area contributed by atoms with E-state index < -0.39 is 31.9 Å². The van der Waals surface area contributed by atoms with E-state index in [0.29, 0.717) is 6.54 Å². The molecule has 1 aliphatic rings. The van der Waals surface area contributed by atoms with Crippen LogP contribution in [0.4, 0.5) is 0 Å². The van der Waals surface area contributed by atoms with Crippen molar-refractivity contribution in [2.45, 2.75) is 30.1 Å². The summed E-state index contributed by atoms with van der Waals surface area (Å²) in [4.78, 5) is 0.132. The molecule has 33 heavy (non-hydrogen) atoms. The van der Waals surface area contributed by atoms with Gasteiger partial charge in [-0.15, -0.1) is 0 Å². The van der Waals surface area contributed by atoms with Crippen LogP contribution in [0.2, 0.25) is 0 Å². The van der Waals surface area contributed by atoms with E-state index in [4.69, 9.17) is 0 Å². The van der Waals surface area contributed by atoms with Crippen LogP contribution < -0.4 is 5.32 Å². The second-order valence-corrected chi connectivity index (χ2v) is 13.1. The monoisotopic (exact) mass is 548 g/mol. The van der Waals surface area contributed by atoms with E-state index in [9.17, 15) is 16.8 Å². The summed E-state index contributed by atoms with van der Waals surface area (Å²) >= 11 is 3.34. The Labute approximate surface area is 203 Å². The van der Waals surface area contributed by atoms with Gasteiger partial charge in [0.05, 0.1) is 22.4 Å². The fraction of sp³-hybridized carbons (Fsp3) is 0.250. The fourth-order valence-corrected chi connectivity index (χ4v) is 8.00. The topological polar surface area (TPSA) is 83.6 Å². The van der Waals surface area contributed by atoms with Gasteiger partial charge < -0.3 is 5.32 Å². The minimum Gasteiger partial charge on any atom is -0.307 e. The SMILES string of the molecule is O=S1(=O)C[C@@H](NCc2ccccc2)[C@@H](N(Cc2ccccc2)S(=O)(=O)c2ccc(Br)cc2)C1. The zero-order valence-corrected chi connectivity index (χ0v) is 21.1. The van der Waals surface area contributed by atoms with E-state index in [2.05, 4.69) is 21.2 Å². The summed E-state index contributed by atoms with van der Waals surface area (Å²) in [5, 5.41) is 3.31. The molecule has 2 atom stereocenters. The van der Waals surface area contributed by atoms with Crippen LogP contribution in [-0.4, -0.2) is 44.7 Å². The predicted octanol–water partition coefficient (Wildman–Crippen LogP) is 3.60. The Morgan fingerprint density at radius 2 is 1.42 bits per heavy atom. The van der Waals surface area contributed by atoms with Gasteiger partial charge in [-0.25, -0.2) is 16.8 Å². The molecule has 1 aliphatic heterocycles. The average Bonchev–Trinajstić information content (AvgIpc) is 3.11. The lowest BCUT2D eigenvalue weighted by Gasteiger charge is -2.32. The normalized spacial score (nSPS) is 20.2. The molecule has 6 nitrogen and oxygen atoms in total. The molecule has 3 aromatic carbocycles. The molecular weight excluding hydrogens is 524 g/mol. The van der Waals surface area contributed by atoms with Crippen LogP contribution >= 0.6 is 15.9 Å². The minimum absolute atomic E-state index is 0.0863. The number of benzene rings is 3. The third kappa shape index (κ3) is 5.91. The van der Waals surface area contributed by atoms with Gasteiger partial charge in [0.2, 0.25) is 10.0 Å². The Balaban J connectivity index is 1.69. The Kier molecular flexibility index (Phi) is 7.35. The van der Waals surface area contributed by atoms with Gasteiger partial charge in [-0.1, -0.05) is 76.6 Å². The zero-order chi connectivity index (χ0) is 23.5. The summed E-state index contributed by atoms with van der Waals surface area (Å²) in [5.74, 6) is -0.326. The average molecular weight is 550 g/mol. The van der Waals surface area contributed by atoms with E-state index in [1.165, 1.54) is 16.4 Å². The van der Waals surface area contributed by atoms with Crippen LogP contribution in [0.25, 0.3) is 0 Å². The van der Waals surface area contributed by atoms with Crippen LogP contribution in [0.15, 0.2) is 94.3 Å². The Bertz CT molecular complexity index is 1280. The molecule has 0 unspecified atom stereocenters. The molecule has 3 aromatic rings. The number of nitrogens with zero attached hydrogens (tertiary/aromatic N) is 1. The number of nitrogens with one attached hydrogen (secondary N) is 1. The van der Waals surface area contributed by atoms with Gasteiger partial charge in [0, 0.05) is 23.6 Å². The van der Waals surface area contributed by atoms with Gasteiger partial charge in [-0.2, -0.15) is 4.31 Å². The van der Waals surface area contributed by atoms with E-state index in [-0.39, 0.29) is 22.9 Å².